The Kier molecular flexibility index (Phi) is 5.19. The van der Waals surface area contributed by atoms with Crippen LogP contribution in [0.15, 0.2) is 36.4 Å². The van der Waals surface area contributed by atoms with Crippen molar-refractivity contribution in [1.29, 1.82) is 0 Å². The highest BCUT2D eigenvalue weighted by atomic mass is 35.5. The zero-order chi connectivity index (χ0) is 23.3. The average molecular weight is 468 g/mol. The average Bonchev–Trinajstić information content (AvgIpc) is 3.45. The van der Waals surface area contributed by atoms with Gasteiger partial charge in [-0.3, -0.25) is 19.8 Å². The topological polar surface area (TPSA) is 93.9 Å². The van der Waals surface area contributed by atoms with Crippen molar-refractivity contribution < 1.29 is 19.2 Å². The van der Waals surface area contributed by atoms with Gasteiger partial charge in [0.2, 0.25) is 0 Å². The maximum atomic E-state index is 13.5. The van der Waals surface area contributed by atoms with Gasteiger partial charge in [-0.05, 0) is 36.6 Å². The number of nitro groups is 1. The molecule has 4 atom stereocenters. The first kappa shape index (κ1) is 21.6. The molecule has 1 amide bonds. The van der Waals surface area contributed by atoms with Crippen molar-refractivity contribution >= 4 is 23.2 Å². The molecule has 3 aliphatic rings. The van der Waals surface area contributed by atoms with E-state index in [0.717, 1.165) is 12.8 Å². The number of nitrogens with one attached hydrogen (secondary N) is 1. The molecule has 2 fully saturated rings. The molecule has 0 saturated carbocycles. The van der Waals surface area contributed by atoms with Crippen LogP contribution in [-0.4, -0.2) is 48.1 Å². The fraction of sp³-hybridized carbons (Fsp3) is 0.375. The molecule has 3 aliphatic heterocycles. The summed E-state index contributed by atoms with van der Waals surface area (Å²) in [7, 11) is 1.47. The maximum absolute atomic E-state index is 13.5. The van der Waals surface area contributed by atoms with Crippen molar-refractivity contribution in [3.63, 3.8) is 0 Å². The number of para-hydroxylation sites is 1. The van der Waals surface area contributed by atoms with Crippen molar-refractivity contribution in [2.45, 2.75) is 36.4 Å². The minimum atomic E-state index is -1.38. The minimum absolute atomic E-state index is 0.00679. The first-order chi connectivity index (χ1) is 15.9. The number of hydrogen-bond acceptors (Lipinski definition) is 6. The van der Waals surface area contributed by atoms with Crippen LogP contribution in [0.2, 0.25) is 5.02 Å². The molecule has 0 bridgehead atoms. The van der Waals surface area contributed by atoms with E-state index >= 15 is 0 Å². The second kappa shape index (κ2) is 7.94. The number of benzene rings is 2. The van der Waals surface area contributed by atoms with Crippen molar-refractivity contribution in [2.24, 2.45) is 0 Å². The summed E-state index contributed by atoms with van der Waals surface area (Å²) >= 11 is 6.52. The molecule has 5 rings (SSSR count). The Balaban J connectivity index is 1.70. The molecule has 0 unspecified atom stereocenters. The molecule has 1 spiro atoms. The Morgan fingerprint density at radius 1 is 1.39 bits per heavy atom. The van der Waals surface area contributed by atoms with E-state index in [1.54, 1.807) is 18.2 Å². The maximum Gasteiger partial charge on any atom is 0.256 e. The highest BCUT2D eigenvalue weighted by Crippen LogP contribution is 2.58. The van der Waals surface area contributed by atoms with E-state index in [0.29, 0.717) is 34.9 Å². The lowest BCUT2D eigenvalue weighted by atomic mass is 9.77. The van der Waals surface area contributed by atoms with Crippen LogP contribution in [0.3, 0.4) is 0 Å². The van der Waals surface area contributed by atoms with Gasteiger partial charge in [0.1, 0.15) is 6.61 Å². The lowest BCUT2D eigenvalue weighted by molar-refractivity contribution is -0.534. The van der Waals surface area contributed by atoms with Crippen LogP contribution in [-0.2, 0) is 10.3 Å². The Morgan fingerprint density at radius 3 is 2.91 bits per heavy atom. The van der Waals surface area contributed by atoms with Gasteiger partial charge in [0, 0.05) is 28.8 Å². The second-order valence-corrected chi connectivity index (χ2v) is 8.86. The number of fused-ring (bicyclic) bond motifs is 4. The molecule has 3 heterocycles. The summed E-state index contributed by atoms with van der Waals surface area (Å²) in [4.78, 5) is 27.9. The van der Waals surface area contributed by atoms with Gasteiger partial charge in [0.05, 0.1) is 18.1 Å². The standard InChI is InChI=1S/C24H22ClN3O5/c1-3-11-33-21-16(25)12-14(13-19(21)32-2)20-18-9-6-10-27(18)24(22(20)28(30)31)15-7-4-5-8-17(15)26-23(24)29/h1,4-5,7-8,12-13,18,20,22H,6,9-11H2,2H3,(H,26,29)/t18-,20+,22-,24+/m0/s1. The van der Waals surface area contributed by atoms with Crippen LogP contribution in [0.25, 0.3) is 0 Å². The third-order valence-corrected chi connectivity index (χ3v) is 7.31. The van der Waals surface area contributed by atoms with Crippen LogP contribution in [0.5, 0.6) is 11.5 Å². The lowest BCUT2D eigenvalue weighted by Crippen LogP contribution is -2.55. The molecular formula is C24H22ClN3O5. The zero-order valence-corrected chi connectivity index (χ0v) is 18.7. The monoisotopic (exact) mass is 467 g/mol. The SMILES string of the molecule is C#CCOc1c(Cl)cc([C@H]2[C@H]([N+](=O)[O-])[C@]3(C(=O)Nc4ccccc43)N3CCC[C@@H]23)cc1OC. The number of hydrogen-bond donors (Lipinski definition) is 1. The van der Waals surface area contributed by atoms with Crippen LogP contribution < -0.4 is 14.8 Å². The first-order valence-electron chi connectivity index (χ1n) is 10.7. The number of anilines is 1. The summed E-state index contributed by atoms with van der Waals surface area (Å²) in [5.74, 6) is 2.09. The van der Waals surface area contributed by atoms with Crippen molar-refractivity contribution in [2.75, 3.05) is 25.6 Å². The summed E-state index contributed by atoms with van der Waals surface area (Å²) in [6.07, 6.45) is 6.88. The van der Waals surface area contributed by atoms with E-state index in [1.165, 1.54) is 7.11 Å². The zero-order valence-electron chi connectivity index (χ0n) is 17.9. The number of ether oxygens (including phenoxy) is 2. The normalized spacial score (nSPS) is 27.7. The van der Waals surface area contributed by atoms with Crippen LogP contribution >= 0.6 is 11.6 Å². The number of nitrogens with zero attached hydrogens (tertiary/aromatic N) is 2. The molecule has 2 aromatic rings. The molecule has 9 heteroatoms. The Bertz CT molecular complexity index is 1200. The smallest absolute Gasteiger partial charge is 0.256 e. The van der Waals surface area contributed by atoms with Crippen LogP contribution in [0.4, 0.5) is 5.69 Å². The van der Waals surface area contributed by atoms with Crippen molar-refractivity contribution in [3.8, 4) is 23.8 Å². The summed E-state index contributed by atoms with van der Waals surface area (Å²) in [5, 5.41) is 15.8. The molecule has 2 saturated heterocycles. The Labute approximate surface area is 196 Å². The number of rotatable bonds is 5. The van der Waals surface area contributed by atoms with E-state index in [4.69, 9.17) is 27.5 Å². The predicted molar refractivity (Wildman–Crippen MR) is 122 cm³/mol. The van der Waals surface area contributed by atoms with Gasteiger partial charge in [0.25, 0.3) is 11.9 Å². The summed E-state index contributed by atoms with van der Waals surface area (Å²) in [6.45, 7) is 0.605. The van der Waals surface area contributed by atoms with Crippen LogP contribution in [0, 0.1) is 22.5 Å². The number of amides is 1. The van der Waals surface area contributed by atoms with Gasteiger partial charge in [-0.15, -0.1) is 6.42 Å². The minimum Gasteiger partial charge on any atom is -0.493 e. The van der Waals surface area contributed by atoms with Gasteiger partial charge in [-0.1, -0.05) is 35.7 Å². The molecule has 0 radical (unpaired) electrons. The predicted octanol–water partition coefficient (Wildman–Crippen LogP) is 3.42. The Hall–Kier alpha value is -3.28. The van der Waals surface area contributed by atoms with Gasteiger partial charge < -0.3 is 14.8 Å². The summed E-state index contributed by atoms with van der Waals surface area (Å²) < 4.78 is 11.0. The third kappa shape index (κ3) is 2.93. The van der Waals surface area contributed by atoms with E-state index < -0.39 is 17.5 Å². The fourth-order valence-corrected chi connectivity index (χ4v) is 6.24. The van der Waals surface area contributed by atoms with Crippen molar-refractivity contribution in [3.05, 3.63) is 62.7 Å². The second-order valence-electron chi connectivity index (χ2n) is 8.45. The Morgan fingerprint density at radius 2 is 2.18 bits per heavy atom. The number of carbonyl (C=O) groups is 1. The molecule has 0 aromatic heterocycles. The van der Waals surface area contributed by atoms with Gasteiger partial charge in [-0.2, -0.15) is 0 Å². The highest BCUT2D eigenvalue weighted by Gasteiger charge is 2.73. The molecule has 170 valence electrons. The largest absolute Gasteiger partial charge is 0.493 e. The quantitative estimate of drug-likeness (QED) is 0.411. The lowest BCUT2D eigenvalue weighted by Gasteiger charge is -2.32. The number of terminal acetylenes is 1. The van der Waals surface area contributed by atoms with E-state index in [9.17, 15) is 14.9 Å². The van der Waals surface area contributed by atoms with E-state index in [-0.39, 0.29) is 28.5 Å². The summed E-state index contributed by atoms with van der Waals surface area (Å²) in [5.41, 5.74) is 0.523. The van der Waals surface area contributed by atoms with Crippen molar-refractivity contribution in [1.82, 2.24) is 4.90 Å². The first-order valence-corrected chi connectivity index (χ1v) is 11.1. The van der Waals surface area contributed by atoms with Crippen LogP contribution in [0.1, 0.15) is 29.9 Å². The molecule has 0 aliphatic carbocycles. The van der Waals surface area contributed by atoms with Gasteiger partial charge in [0.15, 0.2) is 17.0 Å². The molecule has 8 nitrogen and oxygen atoms in total. The van der Waals surface area contributed by atoms with Gasteiger partial charge >= 0.3 is 0 Å². The van der Waals surface area contributed by atoms with E-state index in [1.807, 2.05) is 23.1 Å². The molecule has 2 aromatic carbocycles. The summed E-state index contributed by atoms with van der Waals surface area (Å²) in [6, 6.07) is 9.21. The fourth-order valence-electron chi connectivity index (χ4n) is 5.96. The molecule has 33 heavy (non-hydrogen) atoms. The third-order valence-electron chi connectivity index (χ3n) is 7.03. The molecule has 1 N–H and O–H groups in total. The van der Waals surface area contributed by atoms with E-state index in [2.05, 4.69) is 11.2 Å². The highest BCUT2D eigenvalue weighted by molar-refractivity contribution is 6.32. The number of halogens is 1. The molecular weight excluding hydrogens is 446 g/mol. The number of carbonyl (C=O) groups excluding carboxylic acids is 1. The van der Waals surface area contributed by atoms with Gasteiger partial charge in [-0.25, -0.2) is 0 Å². The number of methoxy groups -OCH3 is 1.